The summed E-state index contributed by atoms with van der Waals surface area (Å²) in [6.45, 7) is 3.01. The molecule has 35 heavy (non-hydrogen) atoms. The first kappa shape index (κ1) is 23.1. The number of fused-ring (bicyclic) bond motifs is 1. The molecule has 3 aromatic rings. The molecule has 1 aliphatic carbocycles. The number of ether oxygens (including phenoxy) is 1. The Kier molecular flexibility index (Phi) is 6.82. The summed E-state index contributed by atoms with van der Waals surface area (Å²) in [5.74, 6) is 0.338. The number of nitrogens with zero attached hydrogens (tertiary/aromatic N) is 2. The van der Waals surface area contributed by atoms with Gasteiger partial charge in [-0.3, -0.25) is 14.5 Å². The Morgan fingerprint density at radius 1 is 0.829 bits per heavy atom. The molecule has 0 radical (unpaired) electrons. The molecular formula is C29H31N3O3. The van der Waals surface area contributed by atoms with Crippen molar-refractivity contribution in [1.82, 2.24) is 15.1 Å². The van der Waals surface area contributed by atoms with Crippen LogP contribution in [0.2, 0.25) is 0 Å². The van der Waals surface area contributed by atoms with E-state index >= 15 is 0 Å². The molecule has 1 saturated heterocycles. The Bertz CT molecular complexity index is 1150. The van der Waals surface area contributed by atoms with Crippen LogP contribution in [0.4, 0.5) is 0 Å². The minimum absolute atomic E-state index is 0.0626. The molecule has 0 unspecified atom stereocenters. The fourth-order valence-electron chi connectivity index (χ4n) is 5.17. The van der Waals surface area contributed by atoms with E-state index in [1.54, 1.807) is 31.4 Å². The summed E-state index contributed by atoms with van der Waals surface area (Å²) in [6, 6.07) is 24.8. The maximum atomic E-state index is 13.6. The summed E-state index contributed by atoms with van der Waals surface area (Å²) in [4.78, 5) is 31.1. The molecule has 6 nitrogen and oxygen atoms in total. The molecule has 1 N–H and O–H groups in total. The Morgan fingerprint density at radius 2 is 1.43 bits per heavy atom. The van der Waals surface area contributed by atoms with Crippen molar-refractivity contribution in [3.63, 3.8) is 0 Å². The topological polar surface area (TPSA) is 61.9 Å². The maximum absolute atomic E-state index is 13.6. The lowest BCUT2D eigenvalue weighted by molar-refractivity contribution is -0.135. The minimum atomic E-state index is -0.729. The van der Waals surface area contributed by atoms with Gasteiger partial charge in [0.25, 0.3) is 5.91 Å². The SMILES string of the molecule is COc1ccc(C(=O)N[C@@H](C(=O)N2CCN(C3Cc4ccccc4C3)CC2)c2ccccc2)cc1. The predicted octanol–water partition coefficient (Wildman–Crippen LogP) is 3.48. The van der Waals surface area contributed by atoms with Crippen LogP contribution in [0, 0.1) is 0 Å². The van der Waals surface area contributed by atoms with Crippen molar-refractivity contribution in [2.75, 3.05) is 33.3 Å². The van der Waals surface area contributed by atoms with E-state index in [1.807, 2.05) is 35.2 Å². The number of amides is 2. The number of methoxy groups -OCH3 is 1. The summed E-state index contributed by atoms with van der Waals surface area (Å²) < 4.78 is 5.18. The number of hydrogen-bond donors (Lipinski definition) is 1. The number of carbonyl (C=O) groups is 2. The van der Waals surface area contributed by atoms with Gasteiger partial charge in [-0.15, -0.1) is 0 Å². The van der Waals surface area contributed by atoms with Gasteiger partial charge in [0.05, 0.1) is 7.11 Å². The van der Waals surface area contributed by atoms with E-state index in [2.05, 4.69) is 34.5 Å². The van der Waals surface area contributed by atoms with E-state index in [0.29, 0.717) is 30.4 Å². The van der Waals surface area contributed by atoms with Crippen LogP contribution >= 0.6 is 0 Å². The molecule has 1 aliphatic heterocycles. The number of hydrogen-bond acceptors (Lipinski definition) is 4. The Labute approximate surface area is 206 Å². The monoisotopic (exact) mass is 469 g/mol. The zero-order valence-electron chi connectivity index (χ0n) is 20.0. The molecule has 2 aliphatic rings. The molecule has 0 aromatic heterocycles. The molecule has 2 amide bonds. The zero-order valence-corrected chi connectivity index (χ0v) is 20.0. The quantitative estimate of drug-likeness (QED) is 0.601. The average Bonchev–Trinajstić information content (AvgIpc) is 3.36. The smallest absolute Gasteiger partial charge is 0.252 e. The van der Waals surface area contributed by atoms with Crippen LogP contribution in [0.5, 0.6) is 5.75 Å². The van der Waals surface area contributed by atoms with E-state index in [4.69, 9.17) is 4.74 Å². The summed E-state index contributed by atoms with van der Waals surface area (Å²) in [7, 11) is 1.59. The summed E-state index contributed by atoms with van der Waals surface area (Å²) >= 11 is 0. The van der Waals surface area contributed by atoms with Crippen molar-refractivity contribution < 1.29 is 14.3 Å². The van der Waals surface area contributed by atoms with Crippen molar-refractivity contribution in [3.05, 3.63) is 101 Å². The van der Waals surface area contributed by atoms with Gasteiger partial charge in [0.1, 0.15) is 11.8 Å². The molecular weight excluding hydrogens is 438 g/mol. The third kappa shape index (κ3) is 5.08. The molecule has 6 heteroatoms. The molecule has 3 aromatic carbocycles. The Balaban J connectivity index is 1.25. The minimum Gasteiger partial charge on any atom is -0.497 e. The molecule has 0 saturated carbocycles. The fraction of sp³-hybridized carbons (Fsp3) is 0.310. The highest BCUT2D eigenvalue weighted by Crippen LogP contribution is 2.27. The van der Waals surface area contributed by atoms with Gasteiger partial charge in [0.15, 0.2) is 0 Å². The third-order valence-electron chi connectivity index (χ3n) is 7.18. The molecule has 1 atom stereocenters. The first-order chi connectivity index (χ1) is 17.1. The van der Waals surface area contributed by atoms with Crippen LogP contribution in [0.15, 0.2) is 78.9 Å². The van der Waals surface area contributed by atoms with Gasteiger partial charge in [-0.05, 0) is 53.8 Å². The summed E-state index contributed by atoms with van der Waals surface area (Å²) in [6.07, 6.45) is 2.16. The number of carbonyl (C=O) groups excluding carboxylic acids is 2. The Hall–Kier alpha value is -3.64. The van der Waals surface area contributed by atoms with Crippen LogP contribution in [0.25, 0.3) is 0 Å². The lowest BCUT2D eigenvalue weighted by Gasteiger charge is -2.39. The predicted molar refractivity (Wildman–Crippen MR) is 135 cm³/mol. The van der Waals surface area contributed by atoms with Gasteiger partial charge in [-0.2, -0.15) is 0 Å². The first-order valence-electron chi connectivity index (χ1n) is 12.2. The highest BCUT2D eigenvalue weighted by atomic mass is 16.5. The first-order valence-corrected chi connectivity index (χ1v) is 12.2. The largest absolute Gasteiger partial charge is 0.497 e. The molecule has 1 fully saturated rings. The van der Waals surface area contributed by atoms with Crippen molar-refractivity contribution in [2.24, 2.45) is 0 Å². The van der Waals surface area contributed by atoms with Crippen LogP contribution in [-0.2, 0) is 17.6 Å². The van der Waals surface area contributed by atoms with Gasteiger partial charge in [-0.25, -0.2) is 0 Å². The standard InChI is InChI=1S/C29H31N3O3/c1-35-26-13-11-22(12-14-26)28(33)30-27(21-7-3-2-4-8-21)29(34)32-17-15-31(16-18-32)25-19-23-9-5-6-10-24(23)20-25/h2-14,25,27H,15-20H2,1H3,(H,30,33)/t27-/m1/s1. The highest BCUT2D eigenvalue weighted by Gasteiger charge is 2.33. The number of nitrogens with one attached hydrogen (secondary N) is 1. The van der Waals surface area contributed by atoms with E-state index in [1.165, 1.54) is 11.1 Å². The van der Waals surface area contributed by atoms with Crippen molar-refractivity contribution in [1.29, 1.82) is 0 Å². The number of rotatable bonds is 6. The number of benzene rings is 3. The molecule has 0 bridgehead atoms. The van der Waals surface area contributed by atoms with E-state index in [-0.39, 0.29) is 11.8 Å². The third-order valence-corrected chi connectivity index (χ3v) is 7.18. The van der Waals surface area contributed by atoms with Crippen LogP contribution in [0.3, 0.4) is 0 Å². The second-order valence-electron chi connectivity index (χ2n) is 9.24. The summed E-state index contributed by atoms with van der Waals surface area (Å²) in [5, 5.41) is 2.98. The number of piperazine rings is 1. The van der Waals surface area contributed by atoms with Crippen molar-refractivity contribution in [2.45, 2.75) is 24.9 Å². The van der Waals surface area contributed by atoms with Crippen LogP contribution in [0.1, 0.15) is 33.1 Å². The van der Waals surface area contributed by atoms with Gasteiger partial charge in [0, 0.05) is 37.8 Å². The molecule has 1 heterocycles. The van der Waals surface area contributed by atoms with E-state index in [9.17, 15) is 9.59 Å². The Morgan fingerprint density at radius 3 is 2.03 bits per heavy atom. The van der Waals surface area contributed by atoms with E-state index in [0.717, 1.165) is 31.5 Å². The van der Waals surface area contributed by atoms with Gasteiger partial charge in [0.2, 0.25) is 5.91 Å². The lowest BCUT2D eigenvalue weighted by atomic mass is 10.0. The highest BCUT2D eigenvalue weighted by molar-refractivity contribution is 5.98. The van der Waals surface area contributed by atoms with Crippen LogP contribution in [-0.4, -0.2) is 60.9 Å². The second-order valence-corrected chi connectivity index (χ2v) is 9.24. The van der Waals surface area contributed by atoms with E-state index < -0.39 is 6.04 Å². The molecule has 0 spiro atoms. The molecule has 180 valence electrons. The molecule has 5 rings (SSSR count). The fourth-order valence-corrected chi connectivity index (χ4v) is 5.17. The summed E-state index contributed by atoms with van der Waals surface area (Å²) in [5.41, 5.74) is 4.17. The average molecular weight is 470 g/mol. The van der Waals surface area contributed by atoms with Gasteiger partial charge >= 0.3 is 0 Å². The maximum Gasteiger partial charge on any atom is 0.252 e. The normalized spacial score (nSPS) is 17.0. The van der Waals surface area contributed by atoms with Gasteiger partial charge in [-0.1, -0.05) is 54.6 Å². The second kappa shape index (κ2) is 10.3. The van der Waals surface area contributed by atoms with Crippen molar-refractivity contribution in [3.8, 4) is 5.75 Å². The zero-order chi connectivity index (χ0) is 24.2. The van der Waals surface area contributed by atoms with Crippen LogP contribution < -0.4 is 10.1 Å². The van der Waals surface area contributed by atoms with Gasteiger partial charge < -0.3 is 15.0 Å². The van der Waals surface area contributed by atoms with Crippen molar-refractivity contribution >= 4 is 11.8 Å². The lowest BCUT2D eigenvalue weighted by Crippen LogP contribution is -2.54.